The molecule has 0 spiro atoms. The monoisotopic (exact) mass is 366 g/mol. The predicted molar refractivity (Wildman–Crippen MR) is 105 cm³/mol. The molecule has 4 heteroatoms. The third kappa shape index (κ3) is 9.81. The Labute approximate surface area is 154 Å². The van der Waals surface area contributed by atoms with Crippen LogP contribution in [0.5, 0.6) is 0 Å². The van der Waals surface area contributed by atoms with Crippen LogP contribution in [0.2, 0.25) is 0 Å². The zero-order valence-corrected chi connectivity index (χ0v) is 16.9. The molecule has 1 rings (SSSR count). The SMILES string of the molecule is CCCCCCCCCC(C)=CCCOS(=O)(=O)c1ccc(C)cc1. The molecule has 0 fully saturated rings. The van der Waals surface area contributed by atoms with Crippen LogP contribution in [0, 0.1) is 6.92 Å². The zero-order valence-electron chi connectivity index (χ0n) is 16.1. The van der Waals surface area contributed by atoms with Crippen LogP contribution in [0.4, 0.5) is 0 Å². The summed E-state index contributed by atoms with van der Waals surface area (Å²) in [5.74, 6) is 0. The van der Waals surface area contributed by atoms with Crippen molar-refractivity contribution in [1.82, 2.24) is 0 Å². The first-order chi connectivity index (χ1) is 12.0. The Balaban J connectivity index is 2.20. The molecule has 0 aliphatic carbocycles. The van der Waals surface area contributed by atoms with E-state index in [9.17, 15) is 8.42 Å². The highest BCUT2D eigenvalue weighted by Crippen LogP contribution is 2.15. The summed E-state index contributed by atoms with van der Waals surface area (Å²) < 4.78 is 29.2. The lowest BCUT2D eigenvalue weighted by molar-refractivity contribution is 0.324. The van der Waals surface area contributed by atoms with Gasteiger partial charge in [-0.3, -0.25) is 4.18 Å². The number of hydrogen-bond acceptors (Lipinski definition) is 3. The van der Waals surface area contributed by atoms with Crippen LogP contribution < -0.4 is 0 Å². The van der Waals surface area contributed by atoms with Gasteiger partial charge in [-0.05, 0) is 45.2 Å². The Bertz CT molecular complexity index is 601. The van der Waals surface area contributed by atoms with Gasteiger partial charge in [0.2, 0.25) is 0 Å². The van der Waals surface area contributed by atoms with Gasteiger partial charge in [0.1, 0.15) is 0 Å². The Morgan fingerprint density at radius 1 is 1.00 bits per heavy atom. The van der Waals surface area contributed by atoms with Crippen molar-refractivity contribution < 1.29 is 12.6 Å². The Kier molecular flexibility index (Phi) is 10.7. The smallest absolute Gasteiger partial charge is 0.266 e. The van der Waals surface area contributed by atoms with E-state index < -0.39 is 10.1 Å². The Hall–Kier alpha value is -1.13. The highest BCUT2D eigenvalue weighted by Gasteiger charge is 2.13. The van der Waals surface area contributed by atoms with E-state index in [1.807, 2.05) is 6.92 Å². The largest absolute Gasteiger partial charge is 0.296 e. The van der Waals surface area contributed by atoms with Gasteiger partial charge in [0.15, 0.2) is 0 Å². The van der Waals surface area contributed by atoms with Crippen molar-refractivity contribution in [2.24, 2.45) is 0 Å². The van der Waals surface area contributed by atoms with E-state index in [-0.39, 0.29) is 11.5 Å². The summed E-state index contributed by atoms with van der Waals surface area (Å²) in [6.45, 7) is 6.48. The number of aryl methyl sites for hydroxylation is 1. The Morgan fingerprint density at radius 3 is 2.24 bits per heavy atom. The first kappa shape index (κ1) is 21.9. The lowest BCUT2D eigenvalue weighted by atomic mass is 10.0. The molecular weight excluding hydrogens is 332 g/mol. The van der Waals surface area contributed by atoms with Crippen molar-refractivity contribution in [2.45, 2.75) is 83.5 Å². The minimum Gasteiger partial charge on any atom is -0.266 e. The maximum atomic E-state index is 12.1. The summed E-state index contributed by atoms with van der Waals surface area (Å²) in [6.07, 6.45) is 13.0. The van der Waals surface area contributed by atoms with Crippen molar-refractivity contribution in [1.29, 1.82) is 0 Å². The summed E-state index contributed by atoms with van der Waals surface area (Å²) >= 11 is 0. The molecule has 0 aliphatic rings. The van der Waals surface area contributed by atoms with Gasteiger partial charge in [0.25, 0.3) is 10.1 Å². The first-order valence-electron chi connectivity index (χ1n) is 9.57. The molecule has 0 atom stereocenters. The summed E-state index contributed by atoms with van der Waals surface area (Å²) in [6, 6.07) is 6.74. The Morgan fingerprint density at radius 2 is 1.60 bits per heavy atom. The number of hydrogen-bond donors (Lipinski definition) is 0. The van der Waals surface area contributed by atoms with Crippen LogP contribution >= 0.6 is 0 Å². The zero-order chi connectivity index (χ0) is 18.5. The van der Waals surface area contributed by atoms with Gasteiger partial charge >= 0.3 is 0 Å². The number of rotatable bonds is 13. The summed E-state index contributed by atoms with van der Waals surface area (Å²) in [5.41, 5.74) is 2.35. The second-order valence-electron chi connectivity index (χ2n) is 6.80. The molecule has 0 aliphatic heterocycles. The summed E-state index contributed by atoms with van der Waals surface area (Å²) in [7, 11) is -3.64. The van der Waals surface area contributed by atoms with Gasteiger partial charge in [-0.25, -0.2) is 0 Å². The fourth-order valence-corrected chi connectivity index (χ4v) is 3.62. The molecule has 1 aromatic carbocycles. The third-order valence-electron chi connectivity index (χ3n) is 4.33. The molecule has 0 N–H and O–H groups in total. The molecule has 0 amide bonds. The summed E-state index contributed by atoms with van der Waals surface area (Å²) in [4.78, 5) is 0.224. The second-order valence-corrected chi connectivity index (χ2v) is 8.41. The van der Waals surface area contributed by atoms with Crippen LogP contribution in [-0.4, -0.2) is 15.0 Å². The topological polar surface area (TPSA) is 43.4 Å². The van der Waals surface area contributed by atoms with E-state index in [1.165, 1.54) is 50.5 Å². The van der Waals surface area contributed by atoms with E-state index in [1.54, 1.807) is 24.3 Å². The van der Waals surface area contributed by atoms with Gasteiger partial charge in [-0.2, -0.15) is 8.42 Å². The van der Waals surface area contributed by atoms with E-state index in [4.69, 9.17) is 4.18 Å². The molecular formula is C21H34O3S. The van der Waals surface area contributed by atoms with Crippen LogP contribution in [0.3, 0.4) is 0 Å². The minimum atomic E-state index is -3.64. The molecule has 0 unspecified atom stereocenters. The van der Waals surface area contributed by atoms with Crippen molar-refractivity contribution in [2.75, 3.05) is 6.61 Å². The van der Waals surface area contributed by atoms with Crippen molar-refractivity contribution in [3.8, 4) is 0 Å². The van der Waals surface area contributed by atoms with Crippen molar-refractivity contribution in [3.63, 3.8) is 0 Å². The molecule has 25 heavy (non-hydrogen) atoms. The standard InChI is InChI=1S/C21H34O3S/c1-4-5-6-7-8-9-10-12-19(2)13-11-18-24-25(22,23)21-16-14-20(3)15-17-21/h13-17H,4-12,18H2,1-3H3. The van der Waals surface area contributed by atoms with E-state index >= 15 is 0 Å². The fraction of sp³-hybridized carbons (Fsp3) is 0.619. The van der Waals surface area contributed by atoms with Gasteiger partial charge < -0.3 is 0 Å². The van der Waals surface area contributed by atoms with Crippen LogP contribution in [-0.2, 0) is 14.3 Å². The number of allylic oxidation sites excluding steroid dienone is 1. The summed E-state index contributed by atoms with van der Waals surface area (Å²) in [5, 5.41) is 0. The molecule has 1 aromatic rings. The highest BCUT2D eigenvalue weighted by atomic mass is 32.2. The second kappa shape index (κ2) is 12.3. The van der Waals surface area contributed by atoms with Crippen molar-refractivity contribution in [3.05, 3.63) is 41.5 Å². The minimum absolute atomic E-state index is 0.199. The van der Waals surface area contributed by atoms with Crippen molar-refractivity contribution >= 4 is 10.1 Å². The average Bonchev–Trinajstić information content (AvgIpc) is 2.58. The van der Waals surface area contributed by atoms with E-state index in [0.717, 1.165) is 12.0 Å². The molecule has 0 aromatic heterocycles. The van der Waals surface area contributed by atoms with Gasteiger partial charge in [-0.15, -0.1) is 0 Å². The molecule has 142 valence electrons. The average molecular weight is 367 g/mol. The van der Waals surface area contributed by atoms with Crippen LogP contribution in [0.1, 0.15) is 77.2 Å². The molecule has 0 saturated heterocycles. The normalized spacial score (nSPS) is 12.5. The number of benzene rings is 1. The molecule has 0 heterocycles. The molecule has 3 nitrogen and oxygen atoms in total. The molecule has 0 radical (unpaired) electrons. The number of unbranched alkanes of at least 4 members (excludes halogenated alkanes) is 6. The van der Waals surface area contributed by atoms with Gasteiger partial charge in [0.05, 0.1) is 11.5 Å². The third-order valence-corrected chi connectivity index (χ3v) is 5.66. The lowest BCUT2D eigenvalue weighted by Crippen LogP contribution is -2.07. The van der Waals surface area contributed by atoms with Gasteiger partial charge in [-0.1, -0.05) is 74.8 Å². The first-order valence-corrected chi connectivity index (χ1v) is 11.0. The lowest BCUT2D eigenvalue weighted by Gasteiger charge is -2.06. The van der Waals surface area contributed by atoms with Crippen LogP contribution in [0.15, 0.2) is 40.8 Å². The molecule has 0 saturated carbocycles. The van der Waals surface area contributed by atoms with E-state index in [2.05, 4.69) is 19.9 Å². The molecule has 0 bridgehead atoms. The maximum absolute atomic E-state index is 12.1. The quantitative estimate of drug-likeness (QED) is 0.238. The van der Waals surface area contributed by atoms with Crippen LogP contribution in [0.25, 0.3) is 0 Å². The van der Waals surface area contributed by atoms with E-state index in [0.29, 0.717) is 6.42 Å². The van der Waals surface area contributed by atoms with Gasteiger partial charge in [0, 0.05) is 0 Å². The maximum Gasteiger partial charge on any atom is 0.296 e. The predicted octanol–water partition coefficient (Wildman–Crippen LogP) is 6.18. The highest BCUT2D eigenvalue weighted by molar-refractivity contribution is 7.86. The fourth-order valence-electron chi connectivity index (χ4n) is 2.70.